The molecule has 2 N–H and O–H groups in total. The standard InChI is InChI=1S/C16H24N2O2/c1-16(2,3)20-15(19)18-10-9-14(18)8-7-12-5-4-6-13(17)11-12/h4-6,11,14H,7-10,17H2,1-3H3. The number of anilines is 1. The van der Waals surface area contributed by atoms with Crippen molar-refractivity contribution in [3.8, 4) is 0 Å². The van der Waals surface area contributed by atoms with Crippen LogP contribution in [0.4, 0.5) is 10.5 Å². The van der Waals surface area contributed by atoms with E-state index >= 15 is 0 Å². The van der Waals surface area contributed by atoms with Crippen LogP contribution >= 0.6 is 0 Å². The molecule has 110 valence electrons. The number of aryl methyl sites for hydroxylation is 1. The Balaban J connectivity index is 1.84. The van der Waals surface area contributed by atoms with E-state index < -0.39 is 5.60 Å². The quantitative estimate of drug-likeness (QED) is 0.862. The Morgan fingerprint density at radius 1 is 1.45 bits per heavy atom. The lowest BCUT2D eigenvalue weighted by Gasteiger charge is -2.41. The van der Waals surface area contributed by atoms with Gasteiger partial charge in [0, 0.05) is 18.3 Å². The van der Waals surface area contributed by atoms with Crippen LogP contribution in [-0.2, 0) is 11.2 Å². The highest BCUT2D eigenvalue weighted by Gasteiger charge is 2.34. The van der Waals surface area contributed by atoms with Crippen molar-refractivity contribution in [1.82, 2.24) is 4.90 Å². The number of nitrogens with two attached hydrogens (primary N) is 1. The third kappa shape index (κ3) is 3.89. The van der Waals surface area contributed by atoms with Crippen molar-refractivity contribution in [2.24, 2.45) is 0 Å². The van der Waals surface area contributed by atoms with E-state index in [9.17, 15) is 4.79 Å². The molecule has 1 heterocycles. The Kier molecular flexibility index (Phi) is 4.21. The first-order chi connectivity index (χ1) is 9.35. The molecule has 0 aromatic heterocycles. The largest absolute Gasteiger partial charge is 0.444 e. The van der Waals surface area contributed by atoms with Crippen LogP contribution in [0.3, 0.4) is 0 Å². The molecule has 0 aliphatic carbocycles. The van der Waals surface area contributed by atoms with Crippen molar-refractivity contribution in [3.63, 3.8) is 0 Å². The van der Waals surface area contributed by atoms with Gasteiger partial charge in [-0.3, -0.25) is 0 Å². The molecule has 1 aliphatic heterocycles. The number of likely N-dealkylation sites (tertiary alicyclic amines) is 1. The van der Waals surface area contributed by atoms with Gasteiger partial charge in [-0.2, -0.15) is 0 Å². The molecule has 0 saturated carbocycles. The summed E-state index contributed by atoms with van der Waals surface area (Å²) in [5.74, 6) is 0. The van der Waals surface area contributed by atoms with E-state index in [0.29, 0.717) is 6.04 Å². The van der Waals surface area contributed by atoms with Crippen LogP contribution in [0.15, 0.2) is 24.3 Å². The molecule has 0 radical (unpaired) electrons. The molecule has 0 bridgehead atoms. The molecular weight excluding hydrogens is 252 g/mol. The van der Waals surface area contributed by atoms with E-state index in [0.717, 1.165) is 31.5 Å². The molecule has 0 spiro atoms. The van der Waals surface area contributed by atoms with Crippen LogP contribution in [0.1, 0.15) is 39.2 Å². The first kappa shape index (κ1) is 14.7. The summed E-state index contributed by atoms with van der Waals surface area (Å²) >= 11 is 0. The van der Waals surface area contributed by atoms with Gasteiger partial charge >= 0.3 is 6.09 Å². The average molecular weight is 276 g/mol. The summed E-state index contributed by atoms with van der Waals surface area (Å²) in [7, 11) is 0. The lowest BCUT2D eigenvalue weighted by atomic mass is 9.96. The first-order valence-electron chi connectivity index (χ1n) is 7.19. The summed E-state index contributed by atoms with van der Waals surface area (Å²) in [4.78, 5) is 13.8. The van der Waals surface area contributed by atoms with E-state index in [1.54, 1.807) is 0 Å². The lowest BCUT2D eigenvalue weighted by Crippen LogP contribution is -2.52. The van der Waals surface area contributed by atoms with Gasteiger partial charge in [-0.25, -0.2) is 4.79 Å². The van der Waals surface area contributed by atoms with Crippen LogP contribution < -0.4 is 5.73 Å². The maximum absolute atomic E-state index is 12.0. The number of benzene rings is 1. The Bertz CT molecular complexity index is 480. The van der Waals surface area contributed by atoms with Crippen molar-refractivity contribution in [1.29, 1.82) is 0 Å². The van der Waals surface area contributed by atoms with E-state index in [1.807, 2.05) is 43.9 Å². The van der Waals surface area contributed by atoms with Gasteiger partial charge in [0.1, 0.15) is 5.60 Å². The third-order valence-electron chi connectivity index (χ3n) is 3.49. The summed E-state index contributed by atoms with van der Waals surface area (Å²) in [6.07, 6.45) is 2.76. The van der Waals surface area contributed by atoms with Crippen molar-refractivity contribution in [3.05, 3.63) is 29.8 Å². The summed E-state index contributed by atoms with van der Waals surface area (Å²) in [6.45, 7) is 6.49. The molecule has 1 aliphatic rings. The second-order valence-corrected chi connectivity index (χ2v) is 6.40. The van der Waals surface area contributed by atoms with Gasteiger partial charge in [-0.1, -0.05) is 12.1 Å². The predicted octanol–water partition coefficient (Wildman–Crippen LogP) is 3.21. The number of carbonyl (C=O) groups excluding carboxylic acids is 1. The molecule has 20 heavy (non-hydrogen) atoms. The molecule has 1 amide bonds. The van der Waals surface area contributed by atoms with E-state index in [-0.39, 0.29) is 6.09 Å². The van der Waals surface area contributed by atoms with Crippen LogP contribution in [0.2, 0.25) is 0 Å². The number of amides is 1. The Morgan fingerprint density at radius 3 is 2.75 bits per heavy atom. The fourth-order valence-corrected chi connectivity index (χ4v) is 2.38. The number of ether oxygens (including phenoxy) is 1. The zero-order chi connectivity index (χ0) is 14.8. The van der Waals surface area contributed by atoms with Gasteiger partial charge in [-0.05, 0) is 57.7 Å². The summed E-state index contributed by atoms with van der Waals surface area (Å²) in [5.41, 5.74) is 7.36. The van der Waals surface area contributed by atoms with Crippen LogP contribution in [0, 0.1) is 0 Å². The minimum Gasteiger partial charge on any atom is -0.444 e. The van der Waals surface area contributed by atoms with Gasteiger partial charge in [0.2, 0.25) is 0 Å². The normalized spacial score (nSPS) is 18.6. The summed E-state index contributed by atoms with van der Waals surface area (Å²) in [6, 6.07) is 8.23. The van der Waals surface area contributed by atoms with Crippen LogP contribution in [0.5, 0.6) is 0 Å². The van der Waals surface area contributed by atoms with E-state index in [2.05, 4.69) is 6.07 Å². The Hall–Kier alpha value is -1.71. The minimum atomic E-state index is -0.425. The van der Waals surface area contributed by atoms with E-state index in [1.165, 1.54) is 5.56 Å². The maximum atomic E-state index is 12.0. The second kappa shape index (κ2) is 5.73. The summed E-state index contributed by atoms with van der Waals surface area (Å²) in [5, 5.41) is 0. The number of rotatable bonds is 3. The van der Waals surface area contributed by atoms with E-state index in [4.69, 9.17) is 10.5 Å². The van der Waals surface area contributed by atoms with Crippen LogP contribution in [-0.4, -0.2) is 29.2 Å². The molecule has 1 fully saturated rings. The predicted molar refractivity (Wildman–Crippen MR) is 80.5 cm³/mol. The van der Waals surface area contributed by atoms with Crippen LogP contribution in [0.25, 0.3) is 0 Å². The molecule has 4 nitrogen and oxygen atoms in total. The maximum Gasteiger partial charge on any atom is 0.410 e. The molecule has 4 heteroatoms. The van der Waals surface area contributed by atoms with Crippen molar-refractivity contribution in [2.75, 3.05) is 12.3 Å². The molecule has 1 unspecified atom stereocenters. The Morgan fingerprint density at radius 2 is 2.20 bits per heavy atom. The average Bonchev–Trinajstić information content (AvgIpc) is 2.24. The molecule has 1 atom stereocenters. The fourth-order valence-electron chi connectivity index (χ4n) is 2.38. The number of nitrogen functional groups attached to an aromatic ring is 1. The Labute approximate surface area is 120 Å². The summed E-state index contributed by atoms with van der Waals surface area (Å²) < 4.78 is 5.41. The van der Waals surface area contributed by atoms with Crippen molar-refractivity contribution >= 4 is 11.8 Å². The number of hydrogen-bond donors (Lipinski definition) is 1. The van der Waals surface area contributed by atoms with Gasteiger partial charge in [0.25, 0.3) is 0 Å². The molecule has 1 aromatic rings. The fraction of sp³-hybridized carbons (Fsp3) is 0.562. The highest BCUT2D eigenvalue weighted by atomic mass is 16.6. The lowest BCUT2D eigenvalue weighted by molar-refractivity contribution is -0.00655. The SMILES string of the molecule is CC(C)(C)OC(=O)N1CCC1CCc1cccc(N)c1. The minimum absolute atomic E-state index is 0.193. The molecule has 1 aromatic carbocycles. The topological polar surface area (TPSA) is 55.6 Å². The highest BCUT2D eigenvalue weighted by Crippen LogP contribution is 2.25. The monoisotopic (exact) mass is 276 g/mol. The highest BCUT2D eigenvalue weighted by molar-refractivity contribution is 5.69. The first-order valence-corrected chi connectivity index (χ1v) is 7.19. The van der Waals surface area contributed by atoms with Crippen molar-refractivity contribution < 1.29 is 9.53 Å². The number of nitrogens with zero attached hydrogens (tertiary/aromatic N) is 1. The zero-order valence-electron chi connectivity index (χ0n) is 12.6. The molecular formula is C16H24N2O2. The zero-order valence-corrected chi connectivity index (χ0v) is 12.6. The van der Waals surface area contributed by atoms with Gasteiger partial charge in [0.05, 0.1) is 0 Å². The third-order valence-corrected chi connectivity index (χ3v) is 3.49. The molecule has 1 saturated heterocycles. The van der Waals surface area contributed by atoms with Crippen molar-refractivity contribution in [2.45, 2.75) is 51.7 Å². The smallest absolute Gasteiger partial charge is 0.410 e. The van der Waals surface area contributed by atoms with Gasteiger partial charge in [0.15, 0.2) is 0 Å². The van der Waals surface area contributed by atoms with Gasteiger partial charge < -0.3 is 15.4 Å². The molecule has 2 rings (SSSR count). The second-order valence-electron chi connectivity index (χ2n) is 6.40. The number of hydrogen-bond acceptors (Lipinski definition) is 3. The number of carbonyl (C=O) groups is 1. The van der Waals surface area contributed by atoms with Gasteiger partial charge in [-0.15, -0.1) is 0 Å².